The molecule has 8 nitrogen and oxygen atoms in total. The van der Waals surface area contributed by atoms with E-state index in [1.165, 1.54) is 0 Å². The third-order valence-electron chi connectivity index (χ3n) is 6.04. The molecule has 0 spiro atoms. The summed E-state index contributed by atoms with van der Waals surface area (Å²) in [7, 11) is 0. The maximum atomic E-state index is 13.1. The number of rotatable bonds is 7. The van der Waals surface area contributed by atoms with Crippen molar-refractivity contribution in [3.8, 4) is 5.75 Å². The molecule has 1 saturated heterocycles. The van der Waals surface area contributed by atoms with Crippen molar-refractivity contribution >= 4 is 23.5 Å². The topological polar surface area (TPSA) is 115 Å². The number of carbonyl (C=O) groups is 3. The molecule has 1 aromatic heterocycles. The fourth-order valence-electron chi connectivity index (χ4n) is 4.11. The highest BCUT2D eigenvalue weighted by atomic mass is 16.5. The smallest absolute Gasteiger partial charge is 0.253 e. The number of aromatic nitrogens is 1. The highest BCUT2D eigenvalue weighted by Gasteiger charge is 2.28. The van der Waals surface area contributed by atoms with Crippen LogP contribution in [-0.2, 0) is 11.4 Å². The number of carbonyl (C=O) groups excluding carboxylic acids is 3. The van der Waals surface area contributed by atoms with Gasteiger partial charge in [-0.2, -0.15) is 0 Å². The molecule has 1 aliphatic heterocycles. The van der Waals surface area contributed by atoms with Gasteiger partial charge in [-0.15, -0.1) is 0 Å². The molecule has 0 bridgehead atoms. The van der Waals surface area contributed by atoms with Crippen LogP contribution in [0.5, 0.6) is 5.75 Å². The molecule has 8 heteroatoms. The molecule has 0 radical (unpaired) electrons. The first-order valence-corrected chi connectivity index (χ1v) is 11.5. The monoisotopic (exact) mass is 472 g/mol. The summed E-state index contributed by atoms with van der Waals surface area (Å²) in [6.45, 7) is 3.15. The first-order valence-electron chi connectivity index (χ1n) is 11.5. The summed E-state index contributed by atoms with van der Waals surface area (Å²) in [5.41, 5.74) is 8.10. The van der Waals surface area contributed by atoms with Crippen molar-refractivity contribution < 1.29 is 19.1 Å². The van der Waals surface area contributed by atoms with Crippen LogP contribution < -0.4 is 15.8 Å². The van der Waals surface area contributed by atoms with Gasteiger partial charge in [-0.05, 0) is 67.3 Å². The normalized spacial score (nSPS) is 13.8. The average Bonchev–Trinajstić information content (AvgIpc) is 2.87. The molecule has 2 heterocycles. The van der Waals surface area contributed by atoms with Crippen molar-refractivity contribution in [3.63, 3.8) is 0 Å². The quantitative estimate of drug-likeness (QED) is 0.546. The molecule has 3 N–H and O–H groups in total. The van der Waals surface area contributed by atoms with Gasteiger partial charge < -0.3 is 20.7 Å². The van der Waals surface area contributed by atoms with E-state index in [-0.39, 0.29) is 24.3 Å². The predicted molar refractivity (Wildman–Crippen MR) is 132 cm³/mol. The highest BCUT2D eigenvalue weighted by Crippen LogP contribution is 2.22. The summed E-state index contributed by atoms with van der Waals surface area (Å²) in [6, 6.07) is 17.7. The summed E-state index contributed by atoms with van der Waals surface area (Å²) in [4.78, 5) is 43.3. The summed E-state index contributed by atoms with van der Waals surface area (Å²) >= 11 is 0. The largest absolute Gasteiger partial charge is 0.488 e. The van der Waals surface area contributed by atoms with Gasteiger partial charge in [0.05, 0.1) is 5.56 Å². The summed E-state index contributed by atoms with van der Waals surface area (Å²) in [5, 5.41) is 2.88. The Kier molecular flexibility index (Phi) is 7.40. The molecule has 2 aromatic carbocycles. The van der Waals surface area contributed by atoms with Crippen LogP contribution in [0.2, 0.25) is 0 Å². The Morgan fingerprint density at radius 1 is 1.06 bits per heavy atom. The number of pyridine rings is 1. The van der Waals surface area contributed by atoms with Crippen molar-refractivity contribution in [3.05, 3.63) is 89.1 Å². The molecule has 180 valence electrons. The van der Waals surface area contributed by atoms with Gasteiger partial charge in [-0.3, -0.25) is 14.4 Å². The van der Waals surface area contributed by atoms with Crippen molar-refractivity contribution in [1.82, 2.24) is 9.88 Å². The van der Waals surface area contributed by atoms with Gasteiger partial charge in [0.15, 0.2) is 0 Å². The van der Waals surface area contributed by atoms with Gasteiger partial charge in [0.2, 0.25) is 5.91 Å². The third-order valence-corrected chi connectivity index (χ3v) is 6.04. The van der Waals surface area contributed by atoms with Crippen LogP contribution in [0.1, 0.15) is 44.7 Å². The minimum absolute atomic E-state index is 0.0643. The number of primary amides is 1. The minimum Gasteiger partial charge on any atom is -0.488 e. The lowest BCUT2D eigenvalue weighted by Crippen LogP contribution is -2.41. The molecule has 4 rings (SSSR count). The van der Waals surface area contributed by atoms with Gasteiger partial charge in [0, 0.05) is 30.8 Å². The first-order chi connectivity index (χ1) is 16.9. The zero-order chi connectivity index (χ0) is 24.8. The minimum atomic E-state index is -0.559. The Morgan fingerprint density at radius 3 is 2.57 bits per heavy atom. The molecule has 0 aliphatic carbocycles. The Morgan fingerprint density at radius 2 is 1.83 bits per heavy atom. The Bertz CT molecular complexity index is 1240. The SMILES string of the molecule is Cc1ccnc(NC(=O)C2CCN(C(=O)c3cccc(COc4ccccc4C(N)=O)c3)CC2)c1. The summed E-state index contributed by atoms with van der Waals surface area (Å²) in [5.74, 6) is 0.0845. The van der Waals surface area contributed by atoms with E-state index in [1.807, 2.05) is 25.1 Å². The van der Waals surface area contributed by atoms with Gasteiger partial charge >= 0.3 is 0 Å². The molecular formula is C27H28N4O4. The predicted octanol–water partition coefficient (Wildman–Crippen LogP) is 3.56. The number of nitrogens with one attached hydrogen (secondary N) is 1. The second-order valence-corrected chi connectivity index (χ2v) is 8.62. The van der Waals surface area contributed by atoms with Crippen molar-refractivity contribution in [2.45, 2.75) is 26.4 Å². The van der Waals surface area contributed by atoms with E-state index in [4.69, 9.17) is 10.5 Å². The van der Waals surface area contributed by atoms with Crippen LogP contribution in [0, 0.1) is 12.8 Å². The zero-order valence-electron chi connectivity index (χ0n) is 19.6. The number of hydrogen-bond donors (Lipinski definition) is 2. The first kappa shape index (κ1) is 23.9. The summed E-state index contributed by atoms with van der Waals surface area (Å²) in [6.07, 6.45) is 2.86. The maximum Gasteiger partial charge on any atom is 0.253 e. The van der Waals surface area contributed by atoms with E-state index < -0.39 is 5.91 Å². The highest BCUT2D eigenvalue weighted by molar-refractivity contribution is 5.96. The van der Waals surface area contributed by atoms with Crippen LogP contribution in [0.25, 0.3) is 0 Å². The second-order valence-electron chi connectivity index (χ2n) is 8.62. The van der Waals surface area contributed by atoms with E-state index in [2.05, 4.69) is 10.3 Å². The Labute approximate surface area is 204 Å². The molecule has 3 amide bonds. The summed E-state index contributed by atoms with van der Waals surface area (Å²) < 4.78 is 5.79. The number of amides is 3. The number of para-hydroxylation sites is 1. The molecule has 0 saturated carbocycles. The van der Waals surface area contributed by atoms with Gasteiger partial charge in [-0.25, -0.2) is 4.98 Å². The average molecular weight is 473 g/mol. The third kappa shape index (κ3) is 6.03. The Balaban J connectivity index is 1.33. The van der Waals surface area contributed by atoms with Gasteiger partial charge in [-0.1, -0.05) is 24.3 Å². The molecular weight excluding hydrogens is 444 g/mol. The van der Waals surface area contributed by atoms with Crippen molar-refractivity contribution in [2.75, 3.05) is 18.4 Å². The lowest BCUT2D eigenvalue weighted by atomic mass is 9.95. The number of benzene rings is 2. The molecule has 1 fully saturated rings. The van der Waals surface area contributed by atoms with Gasteiger partial charge in [0.1, 0.15) is 18.2 Å². The lowest BCUT2D eigenvalue weighted by Gasteiger charge is -2.31. The number of ether oxygens (including phenoxy) is 1. The fourth-order valence-corrected chi connectivity index (χ4v) is 4.11. The van der Waals surface area contributed by atoms with Gasteiger partial charge in [0.25, 0.3) is 11.8 Å². The van der Waals surface area contributed by atoms with Crippen molar-refractivity contribution in [2.24, 2.45) is 11.7 Å². The van der Waals surface area contributed by atoms with E-state index in [9.17, 15) is 14.4 Å². The fraction of sp³-hybridized carbons (Fsp3) is 0.259. The molecule has 1 aliphatic rings. The molecule has 3 aromatic rings. The van der Waals surface area contributed by atoms with Crippen LogP contribution in [0.4, 0.5) is 5.82 Å². The Hall–Kier alpha value is -4.20. The number of nitrogens with zero attached hydrogens (tertiary/aromatic N) is 2. The lowest BCUT2D eigenvalue weighted by molar-refractivity contribution is -0.121. The maximum absolute atomic E-state index is 13.1. The molecule has 0 unspecified atom stereocenters. The number of anilines is 1. The van der Waals surface area contributed by atoms with Crippen molar-refractivity contribution in [1.29, 1.82) is 0 Å². The number of aryl methyl sites for hydroxylation is 1. The van der Waals surface area contributed by atoms with Crippen LogP contribution >= 0.6 is 0 Å². The second kappa shape index (κ2) is 10.8. The van der Waals surface area contributed by atoms with E-state index in [0.29, 0.717) is 48.6 Å². The number of hydrogen-bond acceptors (Lipinski definition) is 5. The standard InChI is InChI=1S/C27H28N4O4/c1-18-9-12-29-24(15-18)30-26(33)20-10-13-31(14-11-20)27(34)21-6-4-5-19(16-21)17-35-23-8-3-2-7-22(23)25(28)32/h2-9,12,15-16,20H,10-11,13-14,17H2,1H3,(H2,28,32)(H,29,30,33). The number of piperidine rings is 1. The number of nitrogens with two attached hydrogens (primary N) is 1. The zero-order valence-corrected chi connectivity index (χ0v) is 19.6. The number of likely N-dealkylation sites (tertiary alicyclic amines) is 1. The van der Waals surface area contributed by atoms with Crippen LogP contribution in [0.15, 0.2) is 66.9 Å². The van der Waals surface area contributed by atoms with Crippen LogP contribution in [-0.4, -0.2) is 40.7 Å². The van der Waals surface area contributed by atoms with E-state index >= 15 is 0 Å². The van der Waals surface area contributed by atoms with Crippen LogP contribution in [0.3, 0.4) is 0 Å². The molecule has 35 heavy (non-hydrogen) atoms. The van der Waals surface area contributed by atoms with E-state index in [0.717, 1.165) is 11.1 Å². The van der Waals surface area contributed by atoms with E-state index in [1.54, 1.807) is 53.6 Å². The molecule has 0 atom stereocenters.